The predicted octanol–water partition coefficient (Wildman–Crippen LogP) is 4.04. The lowest BCUT2D eigenvalue weighted by molar-refractivity contribution is -0.138. The number of aliphatic carboxylic acids is 2. The average molecular weight is 366 g/mol. The van der Waals surface area contributed by atoms with Crippen LogP contribution in [0.15, 0.2) is 18.2 Å². The number of unbranched alkanes of at least 4 members (excludes halogenated alkanes) is 4. The van der Waals surface area contributed by atoms with Gasteiger partial charge in [0.05, 0.1) is 0 Å². The summed E-state index contributed by atoms with van der Waals surface area (Å²) in [5.74, 6) is -0.717. The molecule has 0 heterocycles. The van der Waals surface area contributed by atoms with E-state index in [2.05, 4.69) is 6.07 Å². The van der Waals surface area contributed by atoms with Crippen LogP contribution in [0.5, 0.6) is 5.75 Å². The zero-order valence-corrected chi connectivity index (χ0v) is 15.5. The van der Waals surface area contributed by atoms with Crippen molar-refractivity contribution in [3.05, 3.63) is 29.3 Å². The molecule has 0 spiro atoms. The smallest absolute Gasteiger partial charge is 0.303 e. The van der Waals surface area contributed by atoms with Gasteiger partial charge < -0.3 is 19.7 Å². The normalized spacial score (nSPS) is 10.7. The third kappa shape index (κ3) is 10.7. The third-order valence-electron chi connectivity index (χ3n) is 4.08. The summed E-state index contributed by atoms with van der Waals surface area (Å²) in [4.78, 5) is 21.1. The van der Waals surface area contributed by atoms with Crippen molar-refractivity contribution in [2.45, 2.75) is 64.2 Å². The van der Waals surface area contributed by atoms with Gasteiger partial charge in [0.25, 0.3) is 0 Å². The molecule has 26 heavy (non-hydrogen) atoms. The molecule has 0 unspecified atom stereocenters. The predicted molar refractivity (Wildman–Crippen MR) is 98.6 cm³/mol. The Hall–Kier alpha value is -2.08. The van der Waals surface area contributed by atoms with Crippen LogP contribution >= 0.6 is 0 Å². The number of hydrogen-bond acceptors (Lipinski definition) is 4. The summed E-state index contributed by atoms with van der Waals surface area (Å²) < 4.78 is 10.5. The van der Waals surface area contributed by atoms with Crippen LogP contribution < -0.4 is 4.74 Å². The Morgan fingerprint density at radius 3 is 1.73 bits per heavy atom. The summed E-state index contributed by atoms with van der Waals surface area (Å²) in [5, 5.41) is 17.4. The van der Waals surface area contributed by atoms with Crippen LogP contribution in [-0.4, -0.2) is 36.1 Å². The number of carboxylic acids is 2. The number of carbonyl (C=O) groups is 2. The quantitative estimate of drug-likeness (QED) is 0.359. The van der Waals surface area contributed by atoms with E-state index in [1.807, 2.05) is 12.1 Å². The van der Waals surface area contributed by atoms with Crippen molar-refractivity contribution < 1.29 is 29.3 Å². The second-order valence-electron chi connectivity index (χ2n) is 6.44. The van der Waals surface area contributed by atoms with Gasteiger partial charge in [0, 0.05) is 20.0 Å². The van der Waals surface area contributed by atoms with E-state index in [9.17, 15) is 9.59 Å². The number of rotatable bonds is 15. The summed E-state index contributed by atoms with van der Waals surface area (Å²) in [7, 11) is 1.58. The van der Waals surface area contributed by atoms with Crippen LogP contribution in [0.4, 0.5) is 0 Å². The summed E-state index contributed by atoms with van der Waals surface area (Å²) in [6.07, 6.45) is 7.28. The largest absolute Gasteiger partial charge is 0.481 e. The van der Waals surface area contributed by atoms with Crippen LogP contribution in [-0.2, 0) is 27.2 Å². The van der Waals surface area contributed by atoms with Gasteiger partial charge in [-0.15, -0.1) is 0 Å². The van der Waals surface area contributed by atoms with Gasteiger partial charge in [-0.05, 0) is 61.8 Å². The molecule has 6 nitrogen and oxygen atoms in total. The SMILES string of the molecule is COCOc1cc(CCCCCC(=O)O)cc(CCCCCC(=O)O)c1. The van der Waals surface area contributed by atoms with Gasteiger partial charge in [0.15, 0.2) is 6.79 Å². The van der Waals surface area contributed by atoms with Gasteiger partial charge in [-0.25, -0.2) is 0 Å². The Kier molecular flexibility index (Phi) is 11.1. The fraction of sp³-hybridized carbons (Fsp3) is 0.600. The molecule has 0 saturated heterocycles. The monoisotopic (exact) mass is 366 g/mol. The Balaban J connectivity index is 2.52. The van der Waals surface area contributed by atoms with Crippen molar-refractivity contribution in [3.63, 3.8) is 0 Å². The molecule has 0 aliphatic carbocycles. The Morgan fingerprint density at radius 1 is 0.808 bits per heavy atom. The number of benzene rings is 1. The van der Waals surface area contributed by atoms with Crippen molar-refractivity contribution in [1.82, 2.24) is 0 Å². The molecule has 1 aromatic rings. The number of hydrogen-bond donors (Lipinski definition) is 2. The van der Waals surface area contributed by atoms with Gasteiger partial charge in [-0.3, -0.25) is 9.59 Å². The standard InChI is InChI=1S/C20H30O6/c1-25-15-26-18-13-16(8-4-2-6-10-19(21)22)12-17(14-18)9-5-3-7-11-20(23)24/h12-14H,2-11,15H2,1H3,(H,21,22)(H,23,24). The highest BCUT2D eigenvalue weighted by molar-refractivity contribution is 5.66. The van der Waals surface area contributed by atoms with E-state index in [-0.39, 0.29) is 19.6 Å². The molecule has 2 N–H and O–H groups in total. The maximum absolute atomic E-state index is 10.5. The molecule has 0 aliphatic rings. The molecule has 0 amide bonds. The summed E-state index contributed by atoms with van der Waals surface area (Å²) in [5.41, 5.74) is 2.35. The van der Waals surface area contributed by atoms with Gasteiger partial charge >= 0.3 is 11.9 Å². The lowest BCUT2D eigenvalue weighted by Crippen LogP contribution is -2.01. The molecule has 0 fully saturated rings. The van der Waals surface area contributed by atoms with Crippen molar-refractivity contribution >= 4 is 11.9 Å². The van der Waals surface area contributed by atoms with Crippen LogP contribution in [0, 0.1) is 0 Å². The van der Waals surface area contributed by atoms with Gasteiger partial charge in [0.2, 0.25) is 0 Å². The zero-order chi connectivity index (χ0) is 19.2. The van der Waals surface area contributed by atoms with E-state index in [0.717, 1.165) is 44.3 Å². The molecule has 146 valence electrons. The number of carboxylic acid groups (broad SMARTS) is 2. The minimum atomic E-state index is -0.745. The van der Waals surface area contributed by atoms with E-state index in [1.165, 1.54) is 11.1 Å². The van der Waals surface area contributed by atoms with Crippen molar-refractivity contribution in [1.29, 1.82) is 0 Å². The molecule has 0 radical (unpaired) electrons. The first-order valence-electron chi connectivity index (χ1n) is 9.19. The van der Waals surface area contributed by atoms with Crippen LogP contribution in [0.2, 0.25) is 0 Å². The minimum absolute atomic E-state index is 0.195. The van der Waals surface area contributed by atoms with Crippen LogP contribution in [0.3, 0.4) is 0 Å². The molecule has 0 aromatic heterocycles. The fourth-order valence-electron chi connectivity index (χ4n) is 2.79. The second kappa shape index (κ2) is 13.2. The summed E-state index contributed by atoms with van der Waals surface area (Å²) in [6, 6.07) is 6.17. The van der Waals surface area contributed by atoms with Gasteiger partial charge in [0.1, 0.15) is 5.75 Å². The van der Waals surface area contributed by atoms with Gasteiger partial charge in [-0.2, -0.15) is 0 Å². The molecular weight excluding hydrogens is 336 g/mol. The Morgan fingerprint density at radius 2 is 1.31 bits per heavy atom. The molecule has 0 aliphatic heterocycles. The summed E-state index contributed by atoms with van der Waals surface area (Å²) >= 11 is 0. The van der Waals surface area contributed by atoms with Crippen molar-refractivity contribution in [3.8, 4) is 5.75 Å². The molecule has 1 rings (SSSR count). The number of ether oxygens (including phenoxy) is 2. The molecule has 6 heteroatoms. The average Bonchev–Trinajstić information content (AvgIpc) is 2.58. The molecule has 0 bridgehead atoms. The van der Waals surface area contributed by atoms with Gasteiger partial charge in [-0.1, -0.05) is 18.9 Å². The highest BCUT2D eigenvalue weighted by Gasteiger charge is 2.05. The maximum atomic E-state index is 10.5. The van der Waals surface area contributed by atoms with E-state index < -0.39 is 11.9 Å². The van der Waals surface area contributed by atoms with E-state index in [1.54, 1.807) is 7.11 Å². The molecular formula is C20H30O6. The number of aryl methyl sites for hydroxylation is 2. The van der Waals surface area contributed by atoms with Crippen LogP contribution in [0.25, 0.3) is 0 Å². The molecule has 0 atom stereocenters. The maximum Gasteiger partial charge on any atom is 0.303 e. The first-order chi connectivity index (χ1) is 12.5. The lowest BCUT2D eigenvalue weighted by atomic mass is 10.00. The second-order valence-corrected chi connectivity index (χ2v) is 6.44. The van der Waals surface area contributed by atoms with Crippen molar-refractivity contribution in [2.75, 3.05) is 13.9 Å². The van der Waals surface area contributed by atoms with Crippen LogP contribution in [0.1, 0.15) is 62.5 Å². The highest BCUT2D eigenvalue weighted by atomic mass is 16.7. The fourth-order valence-corrected chi connectivity index (χ4v) is 2.79. The first-order valence-corrected chi connectivity index (χ1v) is 9.19. The Labute approximate surface area is 155 Å². The minimum Gasteiger partial charge on any atom is -0.481 e. The number of methoxy groups -OCH3 is 1. The third-order valence-corrected chi connectivity index (χ3v) is 4.08. The molecule has 1 aromatic carbocycles. The van der Waals surface area contributed by atoms with Crippen molar-refractivity contribution in [2.24, 2.45) is 0 Å². The Bertz CT molecular complexity index is 513. The topological polar surface area (TPSA) is 93.1 Å². The van der Waals surface area contributed by atoms with E-state index >= 15 is 0 Å². The van der Waals surface area contributed by atoms with E-state index in [0.29, 0.717) is 12.8 Å². The summed E-state index contributed by atoms with van der Waals surface area (Å²) in [6.45, 7) is 0.195. The highest BCUT2D eigenvalue weighted by Crippen LogP contribution is 2.21. The first kappa shape index (κ1) is 22.0. The zero-order valence-electron chi connectivity index (χ0n) is 15.5. The lowest BCUT2D eigenvalue weighted by Gasteiger charge is -2.11. The molecule has 0 saturated carbocycles. The van der Waals surface area contributed by atoms with E-state index in [4.69, 9.17) is 19.7 Å².